The summed E-state index contributed by atoms with van der Waals surface area (Å²) in [5, 5.41) is 12.9. The predicted octanol–water partition coefficient (Wildman–Crippen LogP) is 4.12. The maximum atomic E-state index is 4.68. The van der Waals surface area contributed by atoms with E-state index < -0.39 is 0 Å². The van der Waals surface area contributed by atoms with Gasteiger partial charge >= 0.3 is 0 Å². The summed E-state index contributed by atoms with van der Waals surface area (Å²) in [4.78, 5) is 22.4. The van der Waals surface area contributed by atoms with Crippen LogP contribution in [0.1, 0.15) is 5.69 Å². The first-order chi connectivity index (χ1) is 17.1. The van der Waals surface area contributed by atoms with Gasteiger partial charge in [-0.05, 0) is 55.5 Å². The van der Waals surface area contributed by atoms with Crippen molar-refractivity contribution in [3.05, 3.63) is 85.3 Å². The second-order valence-electron chi connectivity index (χ2n) is 8.08. The van der Waals surface area contributed by atoms with Crippen LogP contribution in [0.5, 0.6) is 0 Å². The highest BCUT2D eigenvalue weighted by molar-refractivity contribution is 5.78. The minimum Gasteiger partial charge on any atom is -0.324 e. The summed E-state index contributed by atoms with van der Waals surface area (Å²) >= 11 is 0. The molecule has 10 nitrogen and oxygen atoms in total. The number of hydrogen-bond donors (Lipinski definition) is 1. The van der Waals surface area contributed by atoms with Crippen LogP contribution in [0.3, 0.4) is 0 Å². The number of aromatic nitrogens is 9. The number of rotatable bonds is 5. The molecule has 6 aromatic rings. The predicted molar refractivity (Wildman–Crippen MR) is 132 cm³/mol. The fourth-order valence-electron chi connectivity index (χ4n) is 3.63. The van der Waals surface area contributed by atoms with Crippen LogP contribution in [0, 0.1) is 6.92 Å². The zero-order valence-electron chi connectivity index (χ0n) is 19.0. The Bertz CT molecular complexity index is 1630. The highest BCUT2D eigenvalue weighted by Crippen LogP contribution is 2.22. The average molecular weight is 461 g/mol. The molecule has 0 bridgehead atoms. The standard InChI is InChI=1S/C25H20N10/c1-16-3-4-17(11-26-16)23-28-15-35(33-23)21-8-6-20(7-9-21)30-25-27-12-18-5-10-22(31-24(18)32-25)19-13-29-34(2)14-19/h3-15H,1-2H3,(H,27,30,31,32). The van der Waals surface area contributed by atoms with Gasteiger partial charge in [0.1, 0.15) is 6.33 Å². The number of aryl methyl sites for hydroxylation is 2. The van der Waals surface area contributed by atoms with E-state index in [-0.39, 0.29) is 0 Å². The molecule has 0 spiro atoms. The fraction of sp³-hybridized carbons (Fsp3) is 0.0800. The summed E-state index contributed by atoms with van der Waals surface area (Å²) in [6.07, 6.45) is 8.93. The molecule has 1 aromatic carbocycles. The second kappa shape index (κ2) is 8.41. The Morgan fingerprint density at radius 1 is 0.800 bits per heavy atom. The Morgan fingerprint density at radius 3 is 2.46 bits per heavy atom. The Morgan fingerprint density at radius 2 is 1.69 bits per heavy atom. The number of fused-ring (bicyclic) bond motifs is 1. The van der Waals surface area contributed by atoms with Crippen molar-refractivity contribution in [3.63, 3.8) is 0 Å². The van der Waals surface area contributed by atoms with E-state index in [2.05, 4.69) is 40.4 Å². The van der Waals surface area contributed by atoms with Crippen molar-refractivity contribution in [1.82, 2.24) is 44.5 Å². The van der Waals surface area contributed by atoms with Crippen molar-refractivity contribution in [3.8, 4) is 28.3 Å². The third-order valence-corrected chi connectivity index (χ3v) is 5.49. The van der Waals surface area contributed by atoms with Crippen LogP contribution in [0.4, 0.5) is 11.6 Å². The monoisotopic (exact) mass is 460 g/mol. The van der Waals surface area contributed by atoms with Gasteiger partial charge in [0.25, 0.3) is 0 Å². The van der Waals surface area contributed by atoms with Gasteiger partial charge in [0, 0.05) is 53.5 Å². The van der Waals surface area contributed by atoms with Crippen molar-refractivity contribution in [2.24, 2.45) is 7.05 Å². The summed E-state index contributed by atoms with van der Waals surface area (Å²) in [5.41, 5.74) is 5.93. The van der Waals surface area contributed by atoms with Crippen molar-refractivity contribution in [2.75, 3.05) is 5.32 Å². The summed E-state index contributed by atoms with van der Waals surface area (Å²) in [7, 11) is 1.88. The van der Waals surface area contributed by atoms with Crippen LogP contribution in [-0.4, -0.2) is 44.5 Å². The lowest BCUT2D eigenvalue weighted by Gasteiger charge is -2.07. The minimum atomic E-state index is 0.469. The highest BCUT2D eigenvalue weighted by atomic mass is 15.3. The first-order valence-electron chi connectivity index (χ1n) is 11.0. The number of pyridine rings is 2. The van der Waals surface area contributed by atoms with Crippen LogP contribution in [0.25, 0.3) is 39.4 Å². The molecule has 35 heavy (non-hydrogen) atoms. The van der Waals surface area contributed by atoms with Crippen LogP contribution < -0.4 is 5.32 Å². The van der Waals surface area contributed by atoms with Gasteiger partial charge in [-0.1, -0.05) is 0 Å². The van der Waals surface area contributed by atoms with Gasteiger partial charge in [0.2, 0.25) is 5.95 Å². The van der Waals surface area contributed by atoms with Gasteiger partial charge in [-0.25, -0.2) is 19.6 Å². The number of nitrogens with zero attached hydrogens (tertiary/aromatic N) is 9. The van der Waals surface area contributed by atoms with Gasteiger partial charge in [0.15, 0.2) is 11.5 Å². The summed E-state index contributed by atoms with van der Waals surface area (Å²) in [6.45, 7) is 1.95. The van der Waals surface area contributed by atoms with Gasteiger partial charge in [0.05, 0.1) is 17.6 Å². The van der Waals surface area contributed by atoms with Crippen molar-refractivity contribution < 1.29 is 0 Å². The maximum Gasteiger partial charge on any atom is 0.229 e. The molecule has 6 rings (SSSR count). The van der Waals surface area contributed by atoms with Gasteiger partial charge in [-0.15, -0.1) is 5.10 Å². The maximum absolute atomic E-state index is 4.68. The minimum absolute atomic E-state index is 0.469. The van der Waals surface area contributed by atoms with E-state index in [1.165, 1.54) is 0 Å². The first-order valence-corrected chi connectivity index (χ1v) is 11.0. The molecule has 5 aromatic heterocycles. The molecule has 0 saturated carbocycles. The van der Waals surface area contributed by atoms with E-state index >= 15 is 0 Å². The van der Waals surface area contributed by atoms with Gasteiger partial charge in [-0.3, -0.25) is 9.67 Å². The number of nitrogens with one attached hydrogen (secondary N) is 1. The normalized spacial score (nSPS) is 11.1. The Hall–Kier alpha value is -4.99. The molecule has 10 heteroatoms. The van der Waals surface area contributed by atoms with Crippen molar-refractivity contribution in [2.45, 2.75) is 6.92 Å². The quantitative estimate of drug-likeness (QED) is 0.409. The van der Waals surface area contributed by atoms with Gasteiger partial charge in [-0.2, -0.15) is 10.1 Å². The van der Waals surface area contributed by atoms with E-state index in [4.69, 9.17) is 0 Å². The van der Waals surface area contributed by atoms with E-state index in [9.17, 15) is 0 Å². The third kappa shape index (κ3) is 4.20. The molecule has 0 radical (unpaired) electrons. The fourth-order valence-corrected chi connectivity index (χ4v) is 3.63. The third-order valence-electron chi connectivity index (χ3n) is 5.49. The summed E-state index contributed by atoms with van der Waals surface area (Å²) in [5.74, 6) is 1.10. The topological polar surface area (TPSA) is 112 Å². The molecule has 0 fully saturated rings. The Balaban J connectivity index is 1.21. The molecule has 0 saturated heterocycles. The van der Waals surface area contributed by atoms with Crippen LogP contribution >= 0.6 is 0 Å². The molecule has 0 aliphatic heterocycles. The molecule has 0 aliphatic rings. The largest absolute Gasteiger partial charge is 0.324 e. The molecule has 170 valence electrons. The molecule has 0 aliphatic carbocycles. The summed E-state index contributed by atoms with van der Waals surface area (Å²) < 4.78 is 3.48. The molecular formula is C25H20N10. The lowest BCUT2D eigenvalue weighted by Crippen LogP contribution is -1.99. The molecule has 0 unspecified atom stereocenters. The van der Waals surface area contributed by atoms with Gasteiger partial charge < -0.3 is 5.32 Å². The Kier molecular flexibility index (Phi) is 4.95. The molecule has 5 heterocycles. The lowest BCUT2D eigenvalue weighted by atomic mass is 10.2. The van der Waals surface area contributed by atoms with Crippen LogP contribution in [0.15, 0.2) is 79.6 Å². The average Bonchev–Trinajstić information content (AvgIpc) is 3.54. The number of hydrogen-bond acceptors (Lipinski definition) is 8. The smallest absolute Gasteiger partial charge is 0.229 e. The van der Waals surface area contributed by atoms with Crippen molar-refractivity contribution >= 4 is 22.7 Å². The molecule has 0 atom stereocenters. The zero-order chi connectivity index (χ0) is 23.8. The Labute approximate surface area is 200 Å². The van der Waals surface area contributed by atoms with Crippen LogP contribution in [0.2, 0.25) is 0 Å². The lowest BCUT2D eigenvalue weighted by molar-refractivity contribution is 0.768. The second-order valence-corrected chi connectivity index (χ2v) is 8.08. The SMILES string of the molecule is Cc1ccc(-c2ncn(-c3ccc(Nc4ncc5ccc(-c6cnn(C)c6)nc5n4)cc3)n2)cn1. The highest BCUT2D eigenvalue weighted by Gasteiger charge is 2.08. The zero-order valence-corrected chi connectivity index (χ0v) is 19.0. The van der Waals surface area contributed by atoms with Crippen molar-refractivity contribution in [1.29, 1.82) is 0 Å². The van der Waals surface area contributed by atoms with E-state index in [1.54, 1.807) is 34.3 Å². The van der Waals surface area contributed by atoms with Crippen LogP contribution in [-0.2, 0) is 7.05 Å². The molecule has 1 N–H and O–H groups in total. The summed E-state index contributed by atoms with van der Waals surface area (Å²) in [6, 6.07) is 15.6. The number of benzene rings is 1. The first kappa shape index (κ1) is 20.6. The van der Waals surface area contributed by atoms with E-state index in [0.717, 1.165) is 39.3 Å². The number of anilines is 2. The van der Waals surface area contributed by atoms with E-state index in [1.807, 2.05) is 68.7 Å². The van der Waals surface area contributed by atoms with E-state index in [0.29, 0.717) is 17.4 Å². The molecular weight excluding hydrogens is 440 g/mol. The molecule has 0 amide bonds.